The van der Waals surface area contributed by atoms with E-state index < -0.39 is 68.2 Å². The number of likely N-dealkylation sites (tertiary alicyclic amines) is 1. The van der Waals surface area contributed by atoms with E-state index in [4.69, 9.17) is 4.74 Å². The third-order valence-corrected chi connectivity index (χ3v) is 9.43. The summed E-state index contributed by atoms with van der Waals surface area (Å²) in [7, 11) is -3.82. The van der Waals surface area contributed by atoms with E-state index in [2.05, 4.69) is 28.5 Å². The Morgan fingerprint density at radius 2 is 1.81 bits per heavy atom. The summed E-state index contributed by atoms with van der Waals surface area (Å²) in [5.41, 5.74) is -2.23. The van der Waals surface area contributed by atoms with E-state index in [9.17, 15) is 32.4 Å². The predicted molar refractivity (Wildman–Crippen MR) is 154 cm³/mol. The van der Waals surface area contributed by atoms with Gasteiger partial charge in [0.25, 0.3) is 5.91 Å². The van der Waals surface area contributed by atoms with Gasteiger partial charge in [0.15, 0.2) is 0 Å². The van der Waals surface area contributed by atoms with E-state index in [1.165, 1.54) is 15.9 Å². The number of carbonyl (C=O) groups excluding carboxylic acids is 5. The van der Waals surface area contributed by atoms with Crippen molar-refractivity contribution in [3.05, 3.63) is 25.3 Å². The van der Waals surface area contributed by atoms with Crippen LogP contribution in [0.3, 0.4) is 0 Å². The lowest BCUT2D eigenvalue weighted by Gasteiger charge is -2.32. The molecule has 2 saturated carbocycles. The highest BCUT2D eigenvalue weighted by Gasteiger charge is 2.62. The summed E-state index contributed by atoms with van der Waals surface area (Å²) in [6.45, 7) is 14.0. The summed E-state index contributed by atoms with van der Waals surface area (Å²) in [4.78, 5) is 68.3. The molecule has 3 aliphatic rings. The Balaban J connectivity index is 1.80. The monoisotopic (exact) mass is 609 g/mol. The standard InChI is InChI=1S/C28H43N5O8S/c1-7-14-32(22(34)9-3)17-20(29-26(38)41-27(4,5)6)24(36)33-15-10-11-21(33)23(35)30-28(16-18(28)8-2)25(37)31-42(39,40)19-12-13-19/h7,9,18-21H,1,3,8,10-17H2,2,4-6H3,(H,29,38)(H,30,35)(H,31,37)/t18-,20+,21+,28-/m1/s1. The van der Waals surface area contributed by atoms with Gasteiger partial charge in [-0.2, -0.15) is 0 Å². The second-order valence-electron chi connectivity index (χ2n) is 12.1. The lowest BCUT2D eigenvalue weighted by molar-refractivity contribution is -0.142. The first-order valence-electron chi connectivity index (χ1n) is 14.3. The molecule has 1 aliphatic heterocycles. The summed E-state index contributed by atoms with van der Waals surface area (Å²) in [6.07, 6.45) is 4.26. The number of nitrogens with zero attached hydrogens (tertiary/aromatic N) is 2. The summed E-state index contributed by atoms with van der Waals surface area (Å²) in [5.74, 6) is -2.69. The molecule has 234 valence electrons. The third-order valence-electron chi connectivity index (χ3n) is 7.61. The number of ether oxygens (including phenoxy) is 1. The van der Waals surface area contributed by atoms with Crippen molar-refractivity contribution in [1.29, 1.82) is 0 Å². The Hall–Kier alpha value is -3.42. The van der Waals surface area contributed by atoms with Gasteiger partial charge in [-0.1, -0.05) is 26.0 Å². The van der Waals surface area contributed by atoms with Gasteiger partial charge in [0.2, 0.25) is 27.7 Å². The summed E-state index contributed by atoms with van der Waals surface area (Å²) in [6, 6.07) is -2.23. The average molecular weight is 610 g/mol. The van der Waals surface area contributed by atoms with Gasteiger partial charge in [-0.25, -0.2) is 13.2 Å². The molecule has 14 heteroatoms. The Labute approximate surface area is 247 Å². The van der Waals surface area contributed by atoms with Crippen LogP contribution in [0.2, 0.25) is 0 Å². The molecule has 0 aromatic heterocycles. The molecule has 4 atom stereocenters. The van der Waals surface area contributed by atoms with E-state index in [0.29, 0.717) is 32.1 Å². The fraction of sp³-hybridized carbons (Fsp3) is 0.679. The van der Waals surface area contributed by atoms with Crippen LogP contribution in [0.25, 0.3) is 0 Å². The molecule has 3 N–H and O–H groups in total. The van der Waals surface area contributed by atoms with Crippen molar-refractivity contribution in [3.63, 3.8) is 0 Å². The second kappa shape index (κ2) is 12.8. The summed E-state index contributed by atoms with van der Waals surface area (Å²) < 4.78 is 32.3. The summed E-state index contributed by atoms with van der Waals surface area (Å²) >= 11 is 0. The Bertz CT molecular complexity index is 1230. The number of hydrogen-bond donors (Lipinski definition) is 3. The molecule has 1 saturated heterocycles. The quantitative estimate of drug-likeness (QED) is 0.205. The van der Waals surface area contributed by atoms with Crippen molar-refractivity contribution < 1.29 is 37.1 Å². The molecule has 0 unspecified atom stereocenters. The molecular weight excluding hydrogens is 566 g/mol. The van der Waals surface area contributed by atoms with Crippen molar-refractivity contribution in [2.75, 3.05) is 19.6 Å². The largest absolute Gasteiger partial charge is 0.444 e. The first-order valence-corrected chi connectivity index (χ1v) is 15.8. The normalized spacial score (nSPS) is 24.1. The van der Waals surface area contributed by atoms with Crippen LogP contribution in [-0.2, 0) is 33.9 Å². The van der Waals surface area contributed by atoms with Gasteiger partial charge in [0.05, 0.1) is 11.8 Å². The molecule has 0 aromatic carbocycles. The van der Waals surface area contributed by atoms with Crippen LogP contribution in [-0.4, -0.2) is 96.0 Å². The van der Waals surface area contributed by atoms with Crippen molar-refractivity contribution in [2.24, 2.45) is 5.92 Å². The maximum atomic E-state index is 13.8. The first kappa shape index (κ1) is 33.1. The maximum Gasteiger partial charge on any atom is 0.408 e. The van der Waals surface area contributed by atoms with Gasteiger partial charge in [-0.15, -0.1) is 6.58 Å². The van der Waals surface area contributed by atoms with Crippen LogP contribution in [0.5, 0.6) is 0 Å². The maximum absolute atomic E-state index is 13.8. The Morgan fingerprint density at radius 3 is 2.33 bits per heavy atom. The highest BCUT2D eigenvalue weighted by molar-refractivity contribution is 7.91. The van der Waals surface area contributed by atoms with Gasteiger partial charge in [0, 0.05) is 13.1 Å². The minimum absolute atomic E-state index is 0.0777. The zero-order chi connectivity index (χ0) is 31.5. The molecule has 3 fully saturated rings. The fourth-order valence-electron chi connectivity index (χ4n) is 5.19. The zero-order valence-corrected chi connectivity index (χ0v) is 25.6. The minimum atomic E-state index is -3.82. The molecule has 0 bridgehead atoms. The van der Waals surface area contributed by atoms with Crippen molar-refractivity contribution in [2.45, 2.75) is 94.7 Å². The highest BCUT2D eigenvalue weighted by Crippen LogP contribution is 2.46. The zero-order valence-electron chi connectivity index (χ0n) is 24.8. The molecule has 13 nitrogen and oxygen atoms in total. The average Bonchev–Trinajstić information content (AvgIpc) is 3.82. The van der Waals surface area contributed by atoms with Crippen LogP contribution in [0, 0.1) is 5.92 Å². The lowest BCUT2D eigenvalue weighted by Crippen LogP contribution is -2.60. The SMILES string of the molecule is C=CCN(C[C@H](NC(=O)OC(C)(C)C)C(=O)N1CCC[C@H]1C(=O)N[C@]1(C(=O)NS(=O)(=O)C2CC2)C[C@H]1CC)C(=O)C=C. The van der Waals surface area contributed by atoms with E-state index >= 15 is 0 Å². The number of alkyl carbamates (subject to hydrolysis) is 1. The van der Waals surface area contributed by atoms with Crippen molar-refractivity contribution in [1.82, 2.24) is 25.2 Å². The molecule has 0 spiro atoms. The molecule has 42 heavy (non-hydrogen) atoms. The highest BCUT2D eigenvalue weighted by atomic mass is 32.2. The molecular formula is C28H43N5O8S. The molecule has 1 heterocycles. The number of carbonyl (C=O) groups is 5. The molecule has 3 rings (SSSR count). The number of sulfonamides is 1. The lowest BCUT2D eigenvalue weighted by atomic mass is 10.1. The van der Waals surface area contributed by atoms with Crippen LogP contribution in [0.4, 0.5) is 4.79 Å². The van der Waals surface area contributed by atoms with Gasteiger partial charge < -0.3 is 25.2 Å². The second-order valence-corrected chi connectivity index (χ2v) is 14.0. The van der Waals surface area contributed by atoms with Gasteiger partial charge >= 0.3 is 6.09 Å². The van der Waals surface area contributed by atoms with E-state index in [1.54, 1.807) is 20.8 Å². The van der Waals surface area contributed by atoms with Crippen LogP contribution in [0.1, 0.15) is 66.2 Å². The van der Waals surface area contributed by atoms with Gasteiger partial charge in [0.1, 0.15) is 23.2 Å². The van der Waals surface area contributed by atoms with E-state index in [-0.39, 0.29) is 32.0 Å². The topological polar surface area (TPSA) is 171 Å². The number of rotatable bonds is 13. The number of amides is 5. The minimum Gasteiger partial charge on any atom is -0.444 e. The first-order chi connectivity index (χ1) is 19.6. The smallest absolute Gasteiger partial charge is 0.408 e. The Morgan fingerprint density at radius 1 is 1.14 bits per heavy atom. The molecule has 0 aromatic rings. The number of hydrogen-bond acceptors (Lipinski definition) is 8. The van der Waals surface area contributed by atoms with Gasteiger partial charge in [-0.3, -0.25) is 23.9 Å². The third kappa shape index (κ3) is 7.90. The molecule has 0 radical (unpaired) electrons. The molecule has 5 amide bonds. The fourth-order valence-corrected chi connectivity index (χ4v) is 6.56. The predicted octanol–water partition coefficient (Wildman–Crippen LogP) is 0.965. The van der Waals surface area contributed by atoms with Crippen LogP contribution >= 0.6 is 0 Å². The van der Waals surface area contributed by atoms with Crippen molar-refractivity contribution >= 4 is 39.7 Å². The van der Waals surface area contributed by atoms with E-state index in [1.807, 2.05) is 6.92 Å². The van der Waals surface area contributed by atoms with Crippen LogP contribution < -0.4 is 15.4 Å². The van der Waals surface area contributed by atoms with Crippen molar-refractivity contribution in [3.8, 4) is 0 Å². The summed E-state index contributed by atoms with van der Waals surface area (Å²) in [5, 5.41) is 4.70. The molecule has 2 aliphatic carbocycles. The Kier molecular flexibility index (Phi) is 10.1. The van der Waals surface area contributed by atoms with Gasteiger partial charge in [-0.05, 0) is 64.9 Å². The van der Waals surface area contributed by atoms with Crippen LogP contribution in [0.15, 0.2) is 25.3 Å². The van der Waals surface area contributed by atoms with E-state index in [0.717, 1.165) is 6.08 Å². The number of nitrogens with one attached hydrogen (secondary N) is 3.